The zero-order valence-electron chi connectivity index (χ0n) is 18.9. The van der Waals surface area contributed by atoms with Crippen molar-refractivity contribution in [2.24, 2.45) is 11.3 Å². The molecule has 1 saturated carbocycles. The van der Waals surface area contributed by atoms with Crippen LogP contribution in [0.1, 0.15) is 24.5 Å². The third-order valence-electron chi connectivity index (χ3n) is 6.44. The molecule has 3 aromatic rings. The van der Waals surface area contributed by atoms with E-state index >= 15 is 0 Å². The first-order valence-corrected chi connectivity index (χ1v) is 11.4. The fourth-order valence-electron chi connectivity index (χ4n) is 4.72. The summed E-state index contributed by atoms with van der Waals surface area (Å²) in [5.74, 6) is 12.4. The van der Waals surface area contributed by atoms with Crippen molar-refractivity contribution < 1.29 is 9.18 Å². The standard InChI is InChI=1S/C27H22ClFN4O/c1-3-5-20(34)10-18-11-21-24(12-17(18)8-9-27-13-19(27)14-33(2)15-27)30-16-31-26(21)32-23-7-4-6-22(28)25(23)29/h4,6-7,11-12,16,19H,10,13-15H2,1-2H3,(H,30,31,32)/t19-,27+/m1/s1. The molecule has 5 rings (SSSR count). The second kappa shape index (κ2) is 8.72. The van der Waals surface area contributed by atoms with Crippen molar-refractivity contribution in [3.05, 3.63) is 58.6 Å². The fraction of sp³-hybridized carbons (Fsp3) is 0.296. The zero-order chi connectivity index (χ0) is 23.9. The first-order chi connectivity index (χ1) is 16.4. The van der Waals surface area contributed by atoms with Gasteiger partial charge < -0.3 is 10.2 Å². The first kappa shape index (κ1) is 22.3. The highest BCUT2D eigenvalue weighted by Gasteiger charge is 2.58. The Morgan fingerprint density at radius 3 is 2.97 bits per heavy atom. The fourth-order valence-corrected chi connectivity index (χ4v) is 4.89. The summed E-state index contributed by atoms with van der Waals surface area (Å²) in [6, 6.07) is 8.44. The predicted molar refractivity (Wildman–Crippen MR) is 131 cm³/mol. The van der Waals surface area contributed by atoms with Gasteiger partial charge in [0, 0.05) is 35.9 Å². The first-order valence-electron chi connectivity index (χ1n) is 11.0. The minimum Gasteiger partial charge on any atom is -0.337 e. The van der Waals surface area contributed by atoms with Crippen LogP contribution in [0.25, 0.3) is 10.9 Å². The second-order valence-electron chi connectivity index (χ2n) is 8.95. The van der Waals surface area contributed by atoms with Gasteiger partial charge in [-0.3, -0.25) is 4.79 Å². The van der Waals surface area contributed by atoms with Crippen LogP contribution >= 0.6 is 11.6 Å². The summed E-state index contributed by atoms with van der Waals surface area (Å²) in [6.07, 6.45) is 2.66. The number of piperidine rings is 1. The molecule has 7 heteroatoms. The highest BCUT2D eigenvalue weighted by molar-refractivity contribution is 6.31. The van der Waals surface area contributed by atoms with Gasteiger partial charge in [0.2, 0.25) is 5.78 Å². The molecule has 0 radical (unpaired) electrons. The number of aromatic nitrogens is 2. The largest absolute Gasteiger partial charge is 0.337 e. The second-order valence-corrected chi connectivity index (χ2v) is 9.36. The lowest BCUT2D eigenvalue weighted by Crippen LogP contribution is -2.19. The molecule has 2 fully saturated rings. The number of benzene rings is 2. The Hall–Kier alpha value is -3.45. The van der Waals surface area contributed by atoms with Crippen LogP contribution in [-0.2, 0) is 11.2 Å². The van der Waals surface area contributed by atoms with E-state index in [9.17, 15) is 9.18 Å². The van der Waals surface area contributed by atoms with Crippen molar-refractivity contribution in [2.75, 3.05) is 25.5 Å². The van der Waals surface area contributed by atoms with Gasteiger partial charge in [-0.2, -0.15) is 0 Å². The van der Waals surface area contributed by atoms with Crippen LogP contribution in [0.3, 0.4) is 0 Å². The summed E-state index contributed by atoms with van der Waals surface area (Å²) in [5, 5.41) is 3.68. The Balaban J connectivity index is 1.58. The molecule has 2 aliphatic rings. The lowest BCUT2D eigenvalue weighted by molar-refractivity contribution is -0.113. The van der Waals surface area contributed by atoms with E-state index in [0.29, 0.717) is 22.6 Å². The Kier molecular flexibility index (Phi) is 5.73. The van der Waals surface area contributed by atoms with Crippen LogP contribution in [-0.4, -0.2) is 40.8 Å². The summed E-state index contributed by atoms with van der Waals surface area (Å²) in [7, 11) is 2.12. The number of ketones is 1. The molecule has 1 aliphatic carbocycles. The monoisotopic (exact) mass is 472 g/mol. The zero-order valence-corrected chi connectivity index (χ0v) is 19.6. The van der Waals surface area contributed by atoms with E-state index in [1.165, 1.54) is 12.4 Å². The molecular formula is C27H22ClFN4O. The van der Waals surface area contributed by atoms with Crippen molar-refractivity contribution in [1.29, 1.82) is 0 Å². The Morgan fingerprint density at radius 1 is 1.35 bits per heavy atom. The molecule has 0 amide bonds. The van der Waals surface area contributed by atoms with Crippen LogP contribution < -0.4 is 5.32 Å². The van der Waals surface area contributed by atoms with Gasteiger partial charge in [0.05, 0.1) is 16.2 Å². The molecule has 170 valence electrons. The topological polar surface area (TPSA) is 58.1 Å². The quantitative estimate of drug-likeness (QED) is 0.444. The van der Waals surface area contributed by atoms with Crippen LogP contribution in [0.5, 0.6) is 0 Å². The molecule has 1 aromatic heterocycles. The number of carbonyl (C=O) groups is 1. The molecule has 2 heterocycles. The maximum absolute atomic E-state index is 14.5. The lowest BCUT2D eigenvalue weighted by Gasteiger charge is -2.12. The van der Waals surface area contributed by atoms with E-state index < -0.39 is 5.82 Å². The molecule has 2 aromatic carbocycles. The minimum atomic E-state index is -0.563. The molecular weight excluding hydrogens is 451 g/mol. The van der Waals surface area contributed by atoms with E-state index in [2.05, 4.69) is 50.9 Å². The van der Waals surface area contributed by atoms with Gasteiger partial charge in [-0.05, 0) is 62.1 Å². The Labute approximate surface area is 202 Å². The van der Waals surface area contributed by atoms with Crippen LogP contribution in [0.2, 0.25) is 5.02 Å². The van der Waals surface area contributed by atoms with Crippen molar-refractivity contribution in [2.45, 2.75) is 19.8 Å². The van der Waals surface area contributed by atoms with Gasteiger partial charge in [-0.15, -0.1) is 0 Å². The minimum absolute atomic E-state index is 0.0145. The van der Waals surface area contributed by atoms with Crippen molar-refractivity contribution in [3.63, 3.8) is 0 Å². The number of fused-ring (bicyclic) bond motifs is 2. The number of rotatable bonds is 4. The number of carbonyl (C=O) groups excluding carboxylic acids is 1. The third kappa shape index (κ3) is 4.23. The molecule has 0 bridgehead atoms. The number of anilines is 2. The molecule has 1 N–H and O–H groups in total. The average Bonchev–Trinajstić information content (AvgIpc) is 3.36. The normalized spacial score (nSPS) is 20.6. The predicted octanol–water partition coefficient (Wildman–Crippen LogP) is 4.60. The van der Waals surface area contributed by atoms with Crippen LogP contribution in [0.15, 0.2) is 36.7 Å². The van der Waals surface area contributed by atoms with Gasteiger partial charge in [0.1, 0.15) is 12.1 Å². The van der Waals surface area contributed by atoms with Crippen molar-refractivity contribution >= 4 is 39.8 Å². The SMILES string of the molecule is CC#CC(=O)Cc1cc2c(Nc3cccc(Cl)c3F)ncnc2cc1C#C[C@@]12C[C@@H]1CN(C)C2. The molecule has 0 spiro atoms. The smallest absolute Gasteiger partial charge is 0.209 e. The molecule has 1 saturated heterocycles. The Morgan fingerprint density at radius 2 is 2.21 bits per heavy atom. The summed E-state index contributed by atoms with van der Waals surface area (Å²) in [5.41, 5.74) is 2.41. The Bertz CT molecular complexity index is 1450. The van der Waals surface area contributed by atoms with Gasteiger partial charge in [-0.25, -0.2) is 14.4 Å². The third-order valence-corrected chi connectivity index (χ3v) is 6.73. The van der Waals surface area contributed by atoms with Crippen molar-refractivity contribution in [1.82, 2.24) is 14.9 Å². The van der Waals surface area contributed by atoms with E-state index in [1.54, 1.807) is 19.1 Å². The molecule has 0 unspecified atom stereocenters. The molecule has 1 aliphatic heterocycles. The van der Waals surface area contributed by atoms with Gasteiger partial charge in [0.25, 0.3) is 0 Å². The number of Topliss-reactive ketones (excluding diaryl/α,β-unsaturated/α-hetero) is 1. The highest BCUT2D eigenvalue weighted by Crippen LogP contribution is 2.56. The van der Waals surface area contributed by atoms with Gasteiger partial charge >= 0.3 is 0 Å². The van der Waals surface area contributed by atoms with Crippen molar-refractivity contribution in [3.8, 4) is 23.7 Å². The number of hydrogen-bond donors (Lipinski definition) is 1. The summed E-state index contributed by atoms with van der Waals surface area (Å²) >= 11 is 5.93. The molecule has 34 heavy (non-hydrogen) atoms. The maximum Gasteiger partial charge on any atom is 0.209 e. The number of hydrogen-bond acceptors (Lipinski definition) is 5. The van der Waals surface area contributed by atoms with E-state index in [-0.39, 0.29) is 28.3 Å². The summed E-state index contributed by atoms with van der Waals surface area (Å²) < 4.78 is 14.5. The van der Waals surface area contributed by atoms with Crippen LogP contribution in [0, 0.1) is 40.8 Å². The van der Waals surface area contributed by atoms with Gasteiger partial charge in [-0.1, -0.05) is 35.4 Å². The number of likely N-dealkylation sites (tertiary alicyclic amines) is 1. The van der Waals surface area contributed by atoms with E-state index in [1.807, 2.05) is 12.1 Å². The van der Waals surface area contributed by atoms with Crippen LogP contribution in [0.4, 0.5) is 15.9 Å². The molecule has 5 nitrogen and oxygen atoms in total. The maximum atomic E-state index is 14.5. The number of halogens is 2. The average molecular weight is 473 g/mol. The van der Waals surface area contributed by atoms with E-state index in [4.69, 9.17) is 11.6 Å². The van der Waals surface area contributed by atoms with E-state index in [0.717, 1.165) is 30.6 Å². The highest BCUT2D eigenvalue weighted by atomic mass is 35.5. The van der Waals surface area contributed by atoms with Gasteiger partial charge in [0.15, 0.2) is 5.82 Å². The number of nitrogens with one attached hydrogen (secondary N) is 1. The summed E-state index contributed by atoms with van der Waals surface area (Å²) in [6.45, 7) is 3.68. The molecule has 2 atom stereocenters. The number of nitrogens with zero attached hydrogens (tertiary/aromatic N) is 3. The summed E-state index contributed by atoms with van der Waals surface area (Å²) in [4.78, 5) is 23.4. The lowest BCUT2D eigenvalue weighted by atomic mass is 9.98.